The average Bonchev–Trinajstić information content (AvgIpc) is 3.03. The van der Waals surface area contributed by atoms with Gasteiger partial charge < -0.3 is 15.0 Å². The highest BCUT2D eigenvalue weighted by Gasteiger charge is 2.28. The largest absolute Gasteiger partial charge is 0.497 e. The molecule has 1 aliphatic rings. The van der Waals surface area contributed by atoms with Gasteiger partial charge in [0, 0.05) is 24.4 Å². The van der Waals surface area contributed by atoms with Gasteiger partial charge in [-0.25, -0.2) is 0 Å². The molecule has 136 valence electrons. The molecule has 6 heteroatoms. The van der Waals surface area contributed by atoms with Crippen molar-refractivity contribution in [1.82, 2.24) is 0 Å². The molecule has 1 heterocycles. The molecule has 3 rings (SSSR count). The van der Waals surface area contributed by atoms with E-state index in [1.54, 1.807) is 12.0 Å². The Balaban J connectivity index is 1.77. The average molecular weight is 417 g/mol. The number of fused-ring (bicyclic) bond motifs is 1. The van der Waals surface area contributed by atoms with E-state index in [0.717, 1.165) is 33.5 Å². The molecule has 2 amide bonds. The van der Waals surface area contributed by atoms with Crippen LogP contribution in [0.3, 0.4) is 0 Å². The second kappa shape index (κ2) is 7.91. The second-order valence-electron chi connectivity index (χ2n) is 6.29. The molecule has 2 aromatic carbocycles. The lowest BCUT2D eigenvalue weighted by atomic mass is 10.1. The van der Waals surface area contributed by atoms with Gasteiger partial charge in [-0.05, 0) is 48.2 Å². The van der Waals surface area contributed by atoms with Crippen molar-refractivity contribution in [2.24, 2.45) is 0 Å². The molecule has 0 unspecified atom stereocenters. The minimum absolute atomic E-state index is 0.0560. The first-order chi connectivity index (χ1) is 12.5. The molecule has 26 heavy (non-hydrogen) atoms. The van der Waals surface area contributed by atoms with Gasteiger partial charge in [-0.1, -0.05) is 28.1 Å². The van der Waals surface area contributed by atoms with E-state index < -0.39 is 0 Å². The third-order valence-electron chi connectivity index (χ3n) is 4.40. The number of aryl methyl sites for hydroxylation is 1. The lowest BCUT2D eigenvalue weighted by Gasteiger charge is -2.21. The highest BCUT2D eigenvalue weighted by atomic mass is 79.9. The predicted octanol–water partition coefficient (Wildman–Crippen LogP) is 3.94. The van der Waals surface area contributed by atoms with Gasteiger partial charge in [0.1, 0.15) is 5.75 Å². The molecule has 0 bridgehead atoms. The summed E-state index contributed by atoms with van der Waals surface area (Å²) in [5, 5.41) is 2.84. The summed E-state index contributed by atoms with van der Waals surface area (Å²) in [5.74, 6) is 0.695. The number of hydrogen-bond donors (Lipinski definition) is 1. The van der Waals surface area contributed by atoms with Crippen LogP contribution in [0.1, 0.15) is 24.5 Å². The number of methoxy groups -OCH3 is 1. The van der Waals surface area contributed by atoms with Crippen LogP contribution < -0.4 is 15.0 Å². The number of rotatable bonds is 5. The van der Waals surface area contributed by atoms with Gasteiger partial charge in [0.2, 0.25) is 11.8 Å². The highest BCUT2D eigenvalue weighted by Crippen LogP contribution is 2.38. The van der Waals surface area contributed by atoms with Gasteiger partial charge in [0.05, 0.1) is 18.5 Å². The number of hydrogen-bond acceptors (Lipinski definition) is 3. The van der Waals surface area contributed by atoms with E-state index in [2.05, 4.69) is 21.2 Å². The van der Waals surface area contributed by atoms with Gasteiger partial charge in [0.25, 0.3) is 0 Å². The van der Waals surface area contributed by atoms with Gasteiger partial charge >= 0.3 is 0 Å². The Hall–Kier alpha value is -2.34. The third-order valence-corrected chi connectivity index (χ3v) is 4.86. The van der Waals surface area contributed by atoms with Gasteiger partial charge in [0.15, 0.2) is 0 Å². The van der Waals surface area contributed by atoms with Crippen LogP contribution in [0, 0.1) is 0 Å². The molecule has 0 saturated heterocycles. The van der Waals surface area contributed by atoms with Crippen LogP contribution >= 0.6 is 15.9 Å². The van der Waals surface area contributed by atoms with Crippen molar-refractivity contribution in [3.05, 3.63) is 52.0 Å². The zero-order valence-corrected chi connectivity index (χ0v) is 16.4. The third kappa shape index (κ3) is 4.07. The van der Waals surface area contributed by atoms with Gasteiger partial charge in [-0.3, -0.25) is 9.59 Å². The zero-order chi connectivity index (χ0) is 18.7. The standard InChI is InChI=1S/C20H21BrN2O3/c1-13(24)22-18-12-16(21)11-15-8-9-23(20(15)18)19(25)7-6-14-4-3-5-17(10-14)26-2/h3-5,10-12H,6-9H2,1-2H3,(H,22,24). The van der Waals surface area contributed by atoms with Gasteiger partial charge in [-0.15, -0.1) is 0 Å². The Bertz CT molecular complexity index is 851. The molecule has 0 atom stereocenters. The van der Waals surface area contributed by atoms with Crippen molar-refractivity contribution in [1.29, 1.82) is 0 Å². The van der Waals surface area contributed by atoms with Crippen LogP contribution in [0.5, 0.6) is 5.75 Å². The number of nitrogens with one attached hydrogen (secondary N) is 1. The highest BCUT2D eigenvalue weighted by molar-refractivity contribution is 9.10. The van der Waals surface area contributed by atoms with E-state index in [1.165, 1.54) is 6.92 Å². The molecule has 1 aliphatic heterocycles. The smallest absolute Gasteiger partial charge is 0.227 e. The monoisotopic (exact) mass is 416 g/mol. The van der Waals surface area contributed by atoms with Crippen molar-refractivity contribution >= 4 is 39.1 Å². The fourth-order valence-electron chi connectivity index (χ4n) is 3.26. The van der Waals surface area contributed by atoms with Crippen LogP contribution in [-0.4, -0.2) is 25.5 Å². The Morgan fingerprint density at radius 2 is 2.08 bits per heavy atom. The number of ether oxygens (including phenoxy) is 1. The molecular weight excluding hydrogens is 396 g/mol. The summed E-state index contributed by atoms with van der Waals surface area (Å²) in [6, 6.07) is 11.6. The number of halogens is 1. The maximum Gasteiger partial charge on any atom is 0.227 e. The summed E-state index contributed by atoms with van der Waals surface area (Å²) in [6.45, 7) is 2.10. The lowest BCUT2D eigenvalue weighted by Crippen LogP contribution is -2.30. The first-order valence-corrected chi connectivity index (χ1v) is 9.30. The first kappa shape index (κ1) is 18.5. The summed E-state index contributed by atoms with van der Waals surface area (Å²) in [7, 11) is 1.63. The predicted molar refractivity (Wildman–Crippen MR) is 106 cm³/mol. The Labute approximate surface area is 161 Å². The molecule has 0 saturated carbocycles. The van der Waals surface area contributed by atoms with E-state index in [9.17, 15) is 9.59 Å². The van der Waals surface area contributed by atoms with Crippen molar-refractivity contribution in [3.63, 3.8) is 0 Å². The summed E-state index contributed by atoms with van der Waals surface area (Å²) in [4.78, 5) is 26.1. The zero-order valence-electron chi connectivity index (χ0n) is 14.8. The number of anilines is 2. The van der Waals surface area contributed by atoms with E-state index in [-0.39, 0.29) is 11.8 Å². The van der Waals surface area contributed by atoms with E-state index in [1.807, 2.05) is 36.4 Å². The number of amides is 2. The van der Waals surface area contributed by atoms with Crippen LogP contribution in [0.4, 0.5) is 11.4 Å². The Morgan fingerprint density at radius 3 is 2.81 bits per heavy atom. The first-order valence-electron chi connectivity index (χ1n) is 8.51. The summed E-state index contributed by atoms with van der Waals surface area (Å²) < 4.78 is 6.13. The molecule has 0 aliphatic carbocycles. The minimum Gasteiger partial charge on any atom is -0.497 e. The number of benzene rings is 2. The summed E-state index contributed by atoms with van der Waals surface area (Å²) >= 11 is 3.47. The van der Waals surface area contributed by atoms with Crippen LogP contribution in [0.25, 0.3) is 0 Å². The second-order valence-corrected chi connectivity index (χ2v) is 7.20. The molecule has 0 fully saturated rings. The molecule has 0 aromatic heterocycles. The van der Waals surface area contributed by atoms with E-state index in [0.29, 0.717) is 25.1 Å². The summed E-state index contributed by atoms with van der Waals surface area (Å²) in [5.41, 5.74) is 3.63. The fraction of sp³-hybridized carbons (Fsp3) is 0.300. The normalized spacial score (nSPS) is 12.7. The lowest BCUT2D eigenvalue weighted by molar-refractivity contribution is -0.118. The van der Waals surface area contributed by atoms with E-state index in [4.69, 9.17) is 4.74 Å². The summed E-state index contributed by atoms with van der Waals surface area (Å²) in [6.07, 6.45) is 1.84. The quantitative estimate of drug-likeness (QED) is 0.802. The molecular formula is C20H21BrN2O3. The van der Waals surface area contributed by atoms with Crippen molar-refractivity contribution in [2.75, 3.05) is 23.9 Å². The molecule has 0 radical (unpaired) electrons. The molecule has 2 aromatic rings. The number of carbonyl (C=O) groups excluding carboxylic acids is 2. The number of nitrogens with zero attached hydrogens (tertiary/aromatic N) is 1. The van der Waals surface area contributed by atoms with Crippen molar-refractivity contribution < 1.29 is 14.3 Å². The Kier molecular flexibility index (Phi) is 5.61. The topological polar surface area (TPSA) is 58.6 Å². The van der Waals surface area contributed by atoms with Crippen molar-refractivity contribution in [3.8, 4) is 5.75 Å². The Morgan fingerprint density at radius 1 is 1.27 bits per heavy atom. The van der Waals surface area contributed by atoms with Crippen LogP contribution in [-0.2, 0) is 22.4 Å². The van der Waals surface area contributed by atoms with Crippen LogP contribution in [0.2, 0.25) is 0 Å². The minimum atomic E-state index is -0.152. The molecule has 5 nitrogen and oxygen atoms in total. The number of carbonyl (C=O) groups is 2. The SMILES string of the molecule is COc1cccc(CCC(=O)N2CCc3cc(Br)cc(NC(C)=O)c32)c1. The van der Waals surface area contributed by atoms with Gasteiger partial charge in [-0.2, -0.15) is 0 Å². The van der Waals surface area contributed by atoms with Crippen molar-refractivity contribution in [2.45, 2.75) is 26.2 Å². The fourth-order valence-corrected chi connectivity index (χ4v) is 3.76. The van der Waals surface area contributed by atoms with E-state index >= 15 is 0 Å². The maximum absolute atomic E-state index is 12.8. The van der Waals surface area contributed by atoms with Crippen LogP contribution in [0.15, 0.2) is 40.9 Å². The molecule has 1 N–H and O–H groups in total. The molecule has 0 spiro atoms. The maximum atomic E-state index is 12.8.